The fraction of sp³-hybridized carbons (Fsp3) is 0.600. The lowest BCUT2D eigenvalue weighted by Gasteiger charge is -2.29. The number of aryl methyl sites for hydroxylation is 2. The minimum absolute atomic E-state index is 0.234. The molecule has 1 nitrogen and oxygen atoms in total. The molecular weight excluding hydrogens is 228 g/mol. The third-order valence-electron chi connectivity index (χ3n) is 3.28. The molecule has 1 aromatic carbocycles. The molecule has 0 saturated carbocycles. The number of ether oxygens (including phenoxy) is 1. The Morgan fingerprint density at radius 3 is 2.12 bits per heavy atom. The van der Waals surface area contributed by atoms with E-state index in [9.17, 15) is 0 Å². The number of benzene rings is 1. The van der Waals surface area contributed by atoms with E-state index < -0.39 is 0 Å². The number of para-hydroxylation sites is 1. The van der Waals surface area contributed by atoms with Crippen LogP contribution in [0.5, 0.6) is 5.75 Å². The maximum absolute atomic E-state index is 6.00. The standard InChI is InChI=1S/C15H24OS/c1-11-7-6-8-12(2)14(11)16-9-13(10-17)15(3,4)5/h6-8,13,17H,9-10H2,1-5H3. The summed E-state index contributed by atoms with van der Waals surface area (Å²) >= 11 is 4.43. The van der Waals surface area contributed by atoms with Gasteiger partial charge in [0.15, 0.2) is 0 Å². The zero-order chi connectivity index (χ0) is 13.1. The Kier molecular flexibility index (Phi) is 4.93. The van der Waals surface area contributed by atoms with Gasteiger partial charge in [-0.25, -0.2) is 0 Å². The van der Waals surface area contributed by atoms with E-state index in [4.69, 9.17) is 4.74 Å². The summed E-state index contributed by atoms with van der Waals surface area (Å²) in [5.74, 6) is 2.35. The van der Waals surface area contributed by atoms with Crippen LogP contribution in [0.3, 0.4) is 0 Å². The van der Waals surface area contributed by atoms with Gasteiger partial charge in [-0.15, -0.1) is 0 Å². The highest BCUT2D eigenvalue weighted by molar-refractivity contribution is 7.80. The normalized spacial score (nSPS) is 13.5. The maximum Gasteiger partial charge on any atom is 0.125 e. The Hall–Kier alpha value is -0.630. The molecule has 96 valence electrons. The van der Waals surface area contributed by atoms with Crippen LogP contribution in [0.4, 0.5) is 0 Å². The summed E-state index contributed by atoms with van der Waals surface area (Å²) in [7, 11) is 0. The largest absolute Gasteiger partial charge is 0.493 e. The summed E-state index contributed by atoms with van der Waals surface area (Å²) in [5.41, 5.74) is 2.65. The first kappa shape index (κ1) is 14.4. The van der Waals surface area contributed by atoms with Gasteiger partial charge in [0.05, 0.1) is 6.61 Å². The lowest BCUT2D eigenvalue weighted by molar-refractivity contribution is 0.164. The van der Waals surface area contributed by atoms with Crippen molar-refractivity contribution in [2.75, 3.05) is 12.4 Å². The van der Waals surface area contributed by atoms with Gasteiger partial charge in [-0.3, -0.25) is 0 Å². The quantitative estimate of drug-likeness (QED) is 0.787. The Morgan fingerprint density at radius 1 is 1.18 bits per heavy atom. The second kappa shape index (κ2) is 5.81. The van der Waals surface area contributed by atoms with Crippen molar-refractivity contribution in [2.45, 2.75) is 34.6 Å². The van der Waals surface area contributed by atoms with Crippen molar-refractivity contribution in [2.24, 2.45) is 11.3 Å². The predicted molar refractivity (Wildman–Crippen MR) is 78.2 cm³/mol. The average molecular weight is 252 g/mol. The van der Waals surface area contributed by atoms with Crippen molar-refractivity contribution < 1.29 is 4.74 Å². The van der Waals surface area contributed by atoms with Gasteiger partial charge in [0.1, 0.15) is 5.75 Å². The molecule has 17 heavy (non-hydrogen) atoms. The van der Waals surface area contributed by atoms with Crippen molar-refractivity contribution in [3.63, 3.8) is 0 Å². The molecule has 0 bridgehead atoms. The van der Waals surface area contributed by atoms with Crippen molar-refractivity contribution in [3.05, 3.63) is 29.3 Å². The van der Waals surface area contributed by atoms with Crippen LogP contribution in [-0.4, -0.2) is 12.4 Å². The molecule has 0 aliphatic heterocycles. The molecular formula is C15H24OS. The van der Waals surface area contributed by atoms with E-state index in [1.807, 2.05) is 0 Å². The third kappa shape index (κ3) is 3.95. The summed E-state index contributed by atoms with van der Waals surface area (Å²) in [5, 5.41) is 0. The summed E-state index contributed by atoms with van der Waals surface area (Å²) in [4.78, 5) is 0. The minimum Gasteiger partial charge on any atom is -0.493 e. The number of hydrogen-bond acceptors (Lipinski definition) is 2. The monoisotopic (exact) mass is 252 g/mol. The predicted octanol–water partition coefficient (Wildman–Crippen LogP) is 4.27. The van der Waals surface area contributed by atoms with E-state index in [0.29, 0.717) is 5.92 Å². The molecule has 0 aliphatic rings. The summed E-state index contributed by atoms with van der Waals surface area (Å²) in [6.45, 7) is 11.6. The lowest BCUT2D eigenvalue weighted by Crippen LogP contribution is -2.28. The molecule has 1 atom stereocenters. The van der Waals surface area contributed by atoms with E-state index in [2.05, 4.69) is 65.4 Å². The molecule has 1 rings (SSSR count). The van der Waals surface area contributed by atoms with Crippen LogP contribution in [0.25, 0.3) is 0 Å². The van der Waals surface area contributed by atoms with Crippen LogP contribution in [-0.2, 0) is 0 Å². The molecule has 0 aliphatic carbocycles. The molecule has 2 heteroatoms. The lowest BCUT2D eigenvalue weighted by atomic mass is 9.82. The minimum atomic E-state index is 0.234. The number of rotatable bonds is 4. The highest BCUT2D eigenvalue weighted by atomic mass is 32.1. The van der Waals surface area contributed by atoms with Crippen LogP contribution in [0.2, 0.25) is 0 Å². The van der Waals surface area contributed by atoms with Crippen molar-refractivity contribution >= 4 is 12.6 Å². The summed E-state index contributed by atoms with van der Waals surface area (Å²) in [6.07, 6.45) is 0. The maximum atomic E-state index is 6.00. The Labute approximate surface area is 111 Å². The van der Waals surface area contributed by atoms with Gasteiger partial charge < -0.3 is 4.74 Å². The molecule has 0 fully saturated rings. The van der Waals surface area contributed by atoms with Gasteiger partial charge in [0.2, 0.25) is 0 Å². The highest BCUT2D eigenvalue weighted by Crippen LogP contribution is 2.29. The van der Waals surface area contributed by atoms with Gasteiger partial charge >= 0.3 is 0 Å². The topological polar surface area (TPSA) is 9.23 Å². The zero-order valence-electron chi connectivity index (χ0n) is 11.6. The first-order valence-corrected chi connectivity index (χ1v) is 6.79. The van der Waals surface area contributed by atoms with Crippen LogP contribution in [0, 0.1) is 25.2 Å². The van der Waals surface area contributed by atoms with Crippen LogP contribution < -0.4 is 4.74 Å². The fourth-order valence-electron chi connectivity index (χ4n) is 1.79. The number of thiol groups is 1. The van der Waals surface area contributed by atoms with Crippen LogP contribution in [0.1, 0.15) is 31.9 Å². The molecule has 0 aromatic heterocycles. The van der Waals surface area contributed by atoms with Crippen molar-refractivity contribution in [1.82, 2.24) is 0 Å². The van der Waals surface area contributed by atoms with Gasteiger partial charge in [-0.05, 0) is 36.1 Å². The van der Waals surface area contributed by atoms with Gasteiger partial charge in [-0.2, -0.15) is 12.6 Å². The Balaban J connectivity index is 2.73. The zero-order valence-corrected chi connectivity index (χ0v) is 12.5. The van der Waals surface area contributed by atoms with Crippen molar-refractivity contribution in [1.29, 1.82) is 0 Å². The Morgan fingerprint density at radius 2 is 1.71 bits per heavy atom. The van der Waals surface area contributed by atoms with Crippen LogP contribution >= 0.6 is 12.6 Å². The second-order valence-electron chi connectivity index (χ2n) is 5.78. The summed E-state index contributed by atoms with van der Waals surface area (Å²) in [6, 6.07) is 6.25. The molecule has 0 amide bonds. The third-order valence-corrected chi connectivity index (χ3v) is 3.72. The SMILES string of the molecule is Cc1cccc(C)c1OCC(CS)C(C)(C)C. The average Bonchev–Trinajstić information content (AvgIpc) is 2.20. The van der Waals surface area contributed by atoms with Crippen LogP contribution in [0.15, 0.2) is 18.2 Å². The first-order chi connectivity index (χ1) is 7.86. The molecule has 0 spiro atoms. The molecule has 0 N–H and O–H groups in total. The van der Waals surface area contributed by atoms with Gasteiger partial charge in [0, 0.05) is 5.92 Å². The van der Waals surface area contributed by atoms with E-state index in [0.717, 1.165) is 18.1 Å². The van der Waals surface area contributed by atoms with E-state index in [1.165, 1.54) is 11.1 Å². The number of hydrogen-bond donors (Lipinski definition) is 1. The van der Waals surface area contributed by atoms with Gasteiger partial charge in [0.25, 0.3) is 0 Å². The van der Waals surface area contributed by atoms with E-state index in [1.54, 1.807) is 0 Å². The summed E-state index contributed by atoms with van der Waals surface area (Å²) < 4.78 is 6.00. The smallest absolute Gasteiger partial charge is 0.125 e. The molecule has 0 saturated heterocycles. The highest BCUT2D eigenvalue weighted by Gasteiger charge is 2.24. The van der Waals surface area contributed by atoms with E-state index in [-0.39, 0.29) is 5.41 Å². The second-order valence-corrected chi connectivity index (χ2v) is 6.14. The molecule has 0 radical (unpaired) electrons. The van der Waals surface area contributed by atoms with Gasteiger partial charge in [-0.1, -0.05) is 39.0 Å². The Bertz CT molecular complexity index is 345. The fourth-order valence-corrected chi connectivity index (χ4v) is 2.44. The van der Waals surface area contributed by atoms with E-state index >= 15 is 0 Å². The molecule has 1 aromatic rings. The first-order valence-electron chi connectivity index (χ1n) is 6.16. The van der Waals surface area contributed by atoms with Crippen molar-refractivity contribution in [3.8, 4) is 5.75 Å². The molecule has 0 heterocycles. The molecule has 1 unspecified atom stereocenters.